The van der Waals surface area contributed by atoms with Crippen LogP contribution < -0.4 is 10.2 Å². The Bertz CT molecular complexity index is 805. The van der Waals surface area contributed by atoms with Gasteiger partial charge in [-0.25, -0.2) is 0 Å². The second kappa shape index (κ2) is 6.22. The van der Waals surface area contributed by atoms with Crippen LogP contribution in [-0.2, 0) is 11.2 Å². The molecule has 118 valence electrons. The molecule has 0 atom stereocenters. The van der Waals surface area contributed by atoms with E-state index in [1.807, 2.05) is 18.2 Å². The van der Waals surface area contributed by atoms with Crippen molar-refractivity contribution in [1.29, 1.82) is 0 Å². The minimum Gasteiger partial charge on any atom is -0.322 e. The first-order valence-electron chi connectivity index (χ1n) is 7.13. The number of carbonyl (C=O) groups is 2. The lowest BCUT2D eigenvalue weighted by atomic mass is 10.1. The Morgan fingerprint density at radius 2 is 1.87 bits per heavy atom. The summed E-state index contributed by atoms with van der Waals surface area (Å²) in [7, 11) is 0. The molecule has 0 spiro atoms. The number of nitrogens with zero attached hydrogens (tertiary/aromatic N) is 1. The van der Waals surface area contributed by atoms with Crippen LogP contribution in [0, 0.1) is 0 Å². The Labute approximate surface area is 144 Å². The molecule has 1 aliphatic heterocycles. The third kappa shape index (κ3) is 3.19. The van der Waals surface area contributed by atoms with Crippen molar-refractivity contribution in [3.8, 4) is 0 Å². The summed E-state index contributed by atoms with van der Waals surface area (Å²) in [6, 6.07) is 10.3. The van der Waals surface area contributed by atoms with Crippen LogP contribution in [0.2, 0.25) is 10.0 Å². The van der Waals surface area contributed by atoms with E-state index in [4.69, 9.17) is 23.2 Å². The van der Waals surface area contributed by atoms with Crippen molar-refractivity contribution < 1.29 is 9.59 Å². The first-order valence-corrected chi connectivity index (χ1v) is 7.89. The van der Waals surface area contributed by atoms with E-state index in [0.717, 1.165) is 17.7 Å². The van der Waals surface area contributed by atoms with Gasteiger partial charge in [0.1, 0.15) is 0 Å². The van der Waals surface area contributed by atoms with Gasteiger partial charge in [0, 0.05) is 30.4 Å². The van der Waals surface area contributed by atoms with Crippen molar-refractivity contribution in [1.82, 2.24) is 0 Å². The SMILES string of the molecule is CC(=O)N1CCc2ccc(NC(=O)c3ccc(Cl)c(Cl)c3)cc21. The van der Waals surface area contributed by atoms with E-state index in [1.165, 1.54) is 13.0 Å². The highest BCUT2D eigenvalue weighted by atomic mass is 35.5. The van der Waals surface area contributed by atoms with Gasteiger partial charge in [-0.3, -0.25) is 9.59 Å². The maximum absolute atomic E-state index is 12.3. The van der Waals surface area contributed by atoms with E-state index in [0.29, 0.717) is 27.8 Å². The number of rotatable bonds is 2. The molecular weight excluding hydrogens is 335 g/mol. The number of carbonyl (C=O) groups excluding carboxylic acids is 2. The molecule has 2 aromatic rings. The fourth-order valence-corrected chi connectivity index (χ4v) is 2.92. The minimum absolute atomic E-state index is 0.00305. The highest BCUT2D eigenvalue weighted by Crippen LogP contribution is 2.31. The highest BCUT2D eigenvalue weighted by molar-refractivity contribution is 6.42. The summed E-state index contributed by atoms with van der Waals surface area (Å²) in [5, 5.41) is 3.55. The Kier molecular flexibility index (Phi) is 4.28. The van der Waals surface area contributed by atoms with Crippen LogP contribution in [0.4, 0.5) is 11.4 Å². The van der Waals surface area contributed by atoms with Crippen molar-refractivity contribution in [2.24, 2.45) is 0 Å². The average molecular weight is 349 g/mol. The summed E-state index contributed by atoms with van der Waals surface area (Å²) in [4.78, 5) is 25.7. The van der Waals surface area contributed by atoms with Gasteiger partial charge in [0.25, 0.3) is 5.91 Å². The van der Waals surface area contributed by atoms with Crippen LogP contribution >= 0.6 is 23.2 Å². The average Bonchev–Trinajstić information content (AvgIpc) is 2.93. The lowest BCUT2D eigenvalue weighted by molar-refractivity contribution is -0.116. The molecule has 1 N–H and O–H groups in total. The fraction of sp³-hybridized carbons (Fsp3) is 0.176. The van der Waals surface area contributed by atoms with Crippen molar-refractivity contribution in [3.05, 3.63) is 57.6 Å². The summed E-state index contributed by atoms with van der Waals surface area (Å²) in [6.45, 7) is 2.21. The molecule has 0 saturated heterocycles. The van der Waals surface area contributed by atoms with E-state index >= 15 is 0 Å². The Hall–Kier alpha value is -2.04. The van der Waals surface area contributed by atoms with Gasteiger partial charge in [0.05, 0.1) is 10.0 Å². The molecule has 0 unspecified atom stereocenters. The van der Waals surface area contributed by atoms with Crippen LogP contribution in [0.3, 0.4) is 0 Å². The van der Waals surface area contributed by atoms with Crippen LogP contribution in [-0.4, -0.2) is 18.4 Å². The van der Waals surface area contributed by atoms with Gasteiger partial charge >= 0.3 is 0 Å². The number of halogens is 2. The van der Waals surface area contributed by atoms with Gasteiger partial charge in [0.15, 0.2) is 0 Å². The van der Waals surface area contributed by atoms with Crippen LogP contribution in [0.15, 0.2) is 36.4 Å². The van der Waals surface area contributed by atoms with E-state index in [1.54, 1.807) is 17.0 Å². The van der Waals surface area contributed by atoms with Crippen molar-refractivity contribution in [3.63, 3.8) is 0 Å². The molecule has 0 aromatic heterocycles. The molecule has 23 heavy (non-hydrogen) atoms. The summed E-state index contributed by atoms with van der Waals surface area (Å²) in [6.07, 6.45) is 0.829. The maximum atomic E-state index is 12.3. The highest BCUT2D eigenvalue weighted by Gasteiger charge is 2.22. The quantitative estimate of drug-likeness (QED) is 0.885. The van der Waals surface area contributed by atoms with Crippen LogP contribution in [0.1, 0.15) is 22.8 Å². The molecule has 4 nitrogen and oxygen atoms in total. The summed E-state index contributed by atoms with van der Waals surface area (Å²) in [5.41, 5.74) is 3.01. The smallest absolute Gasteiger partial charge is 0.255 e. The Morgan fingerprint density at radius 1 is 1.09 bits per heavy atom. The molecule has 3 rings (SSSR count). The van der Waals surface area contributed by atoms with Crippen molar-refractivity contribution in [2.45, 2.75) is 13.3 Å². The van der Waals surface area contributed by atoms with Gasteiger partial charge in [-0.05, 0) is 42.3 Å². The summed E-state index contributed by atoms with van der Waals surface area (Å²) in [5.74, 6) is -0.285. The number of benzene rings is 2. The number of hydrogen-bond acceptors (Lipinski definition) is 2. The second-order valence-electron chi connectivity index (χ2n) is 5.35. The molecule has 0 bridgehead atoms. The predicted molar refractivity (Wildman–Crippen MR) is 92.6 cm³/mol. The molecule has 2 amide bonds. The summed E-state index contributed by atoms with van der Waals surface area (Å²) < 4.78 is 0. The number of hydrogen-bond donors (Lipinski definition) is 1. The lowest BCUT2D eigenvalue weighted by Crippen LogP contribution is -2.25. The van der Waals surface area contributed by atoms with E-state index in [9.17, 15) is 9.59 Å². The Morgan fingerprint density at radius 3 is 2.57 bits per heavy atom. The largest absolute Gasteiger partial charge is 0.322 e. The van der Waals surface area contributed by atoms with Crippen LogP contribution in [0.25, 0.3) is 0 Å². The standard InChI is InChI=1S/C17H14Cl2N2O2/c1-10(22)21-7-6-11-2-4-13(9-16(11)21)20-17(23)12-3-5-14(18)15(19)8-12/h2-5,8-9H,6-7H2,1H3,(H,20,23). The lowest BCUT2D eigenvalue weighted by Gasteiger charge is -2.16. The molecule has 6 heteroatoms. The zero-order chi connectivity index (χ0) is 16.6. The molecule has 0 aliphatic carbocycles. The third-order valence-electron chi connectivity index (χ3n) is 3.80. The van der Waals surface area contributed by atoms with Gasteiger partial charge < -0.3 is 10.2 Å². The molecule has 1 aliphatic rings. The van der Waals surface area contributed by atoms with Crippen molar-refractivity contribution >= 4 is 46.4 Å². The first kappa shape index (κ1) is 15.8. The topological polar surface area (TPSA) is 49.4 Å². The monoisotopic (exact) mass is 348 g/mol. The zero-order valence-electron chi connectivity index (χ0n) is 12.4. The zero-order valence-corrected chi connectivity index (χ0v) is 13.9. The van der Waals surface area contributed by atoms with E-state index in [2.05, 4.69) is 5.32 Å². The number of nitrogens with one attached hydrogen (secondary N) is 1. The van der Waals surface area contributed by atoms with Crippen molar-refractivity contribution in [2.75, 3.05) is 16.8 Å². The van der Waals surface area contributed by atoms with Gasteiger partial charge in [0.2, 0.25) is 5.91 Å². The number of anilines is 2. The van der Waals surface area contributed by atoms with Gasteiger partial charge in [-0.1, -0.05) is 29.3 Å². The first-order chi connectivity index (χ1) is 11.0. The minimum atomic E-state index is -0.282. The molecule has 0 radical (unpaired) electrons. The van der Waals surface area contributed by atoms with E-state index in [-0.39, 0.29) is 11.8 Å². The summed E-state index contributed by atoms with van der Waals surface area (Å²) >= 11 is 11.8. The van der Waals surface area contributed by atoms with Gasteiger partial charge in [-0.15, -0.1) is 0 Å². The maximum Gasteiger partial charge on any atom is 0.255 e. The molecular formula is C17H14Cl2N2O2. The third-order valence-corrected chi connectivity index (χ3v) is 4.54. The predicted octanol–water partition coefficient (Wildman–Crippen LogP) is 4.15. The number of fused-ring (bicyclic) bond motifs is 1. The molecule has 1 heterocycles. The second-order valence-corrected chi connectivity index (χ2v) is 6.16. The normalized spacial score (nSPS) is 12.9. The molecule has 0 saturated carbocycles. The number of amides is 2. The molecule has 2 aromatic carbocycles. The van der Waals surface area contributed by atoms with E-state index < -0.39 is 0 Å². The fourth-order valence-electron chi connectivity index (χ4n) is 2.62. The molecule has 0 fully saturated rings. The Balaban J connectivity index is 1.83. The van der Waals surface area contributed by atoms with Gasteiger partial charge in [-0.2, -0.15) is 0 Å². The van der Waals surface area contributed by atoms with Crippen LogP contribution in [0.5, 0.6) is 0 Å².